The van der Waals surface area contributed by atoms with Crippen LogP contribution in [0.5, 0.6) is 5.75 Å². The van der Waals surface area contributed by atoms with Gasteiger partial charge in [0.25, 0.3) is 5.91 Å². The Kier molecular flexibility index (Phi) is 8.95. The molecule has 3 atom stereocenters. The molecule has 0 spiro atoms. The minimum Gasteiger partial charge on any atom is -0.493 e. The summed E-state index contributed by atoms with van der Waals surface area (Å²) in [7, 11) is 0. The van der Waals surface area contributed by atoms with Crippen LogP contribution in [0.1, 0.15) is 66.1 Å². The Morgan fingerprint density at radius 1 is 1.07 bits per heavy atom. The summed E-state index contributed by atoms with van der Waals surface area (Å²) >= 11 is 12.0. The van der Waals surface area contributed by atoms with Crippen LogP contribution in [-0.4, -0.2) is 71.5 Å². The number of halogens is 6. The van der Waals surface area contributed by atoms with Crippen molar-refractivity contribution in [3.63, 3.8) is 0 Å². The third-order valence-corrected chi connectivity index (χ3v) is 8.55. The maximum absolute atomic E-state index is 15.2. The Hall–Kier alpha value is -2.60. The number of hydrogen-bond acceptors (Lipinski definition) is 5. The average Bonchev–Trinajstić information content (AvgIpc) is 3.67. The predicted molar refractivity (Wildman–Crippen MR) is 146 cm³/mol. The van der Waals surface area contributed by atoms with Gasteiger partial charge in [-0.1, -0.05) is 23.2 Å². The van der Waals surface area contributed by atoms with Crippen LogP contribution in [0.25, 0.3) is 0 Å². The summed E-state index contributed by atoms with van der Waals surface area (Å²) in [6.45, 7) is 1.79. The van der Waals surface area contributed by atoms with E-state index in [4.69, 9.17) is 32.7 Å². The number of likely N-dealkylation sites (tertiary alicyclic amines) is 1. The number of ether oxygens (including phenoxy) is 2. The summed E-state index contributed by atoms with van der Waals surface area (Å²) in [4.78, 5) is 27.2. The van der Waals surface area contributed by atoms with Gasteiger partial charge in [-0.05, 0) is 92.9 Å². The monoisotopic (exact) mass is 632 g/mol. The van der Waals surface area contributed by atoms with Crippen LogP contribution in [0.4, 0.5) is 17.6 Å². The van der Waals surface area contributed by atoms with Gasteiger partial charge in [-0.25, -0.2) is 9.18 Å². The fraction of sp³-hybridized carbons (Fsp3) is 0.517. The number of carbonyl (C=O) groups is 2. The molecule has 13 heteroatoms. The molecule has 2 aromatic rings. The van der Waals surface area contributed by atoms with E-state index >= 15 is 4.39 Å². The van der Waals surface area contributed by atoms with E-state index in [0.29, 0.717) is 18.4 Å². The van der Waals surface area contributed by atoms with Crippen molar-refractivity contribution in [3.8, 4) is 5.75 Å². The highest BCUT2D eigenvalue weighted by atomic mass is 35.5. The van der Waals surface area contributed by atoms with Crippen molar-refractivity contribution in [2.24, 2.45) is 5.92 Å². The lowest BCUT2D eigenvalue weighted by Gasteiger charge is -2.38. The molecule has 3 aliphatic rings. The van der Waals surface area contributed by atoms with Gasteiger partial charge in [0, 0.05) is 16.1 Å². The molecule has 2 aromatic carbocycles. The molecule has 1 N–H and O–H groups in total. The molecule has 7 nitrogen and oxygen atoms in total. The number of rotatable bonds is 8. The second-order valence-corrected chi connectivity index (χ2v) is 12.0. The second-order valence-electron chi connectivity index (χ2n) is 11.1. The minimum absolute atomic E-state index is 0.0153. The normalized spacial score (nSPS) is 22.8. The lowest BCUT2D eigenvalue weighted by molar-refractivity contribution is -0.190. The number of carbonyl (C=O) groups excluding carboxylic acids is 1. The van der Waals surface area contributed by atoms with Crippen LogP contribution in [0.15, 0.2) is 30.3 Å². The van der Waals surface area contributed by atoms with Crippen LogP contribution in [0, 0.1) is 11.7 Å². The van der Waals surface area contributed by atoms with E-state index in [1.54, 1.807) is 0 Å². The van der Waals surface area contributed by atoms with Gasteiger partial charge in [0.2, 0.25) is 0 Å². The third-order valence-electron chi connectivity index (χ3n) is 8.12. The number of amides is 1. The van der Waals surface area contributed by atoms with Gasteiger partial charge in [0.05, 0.1) is 18.3 Å². The van der Waals surface area contributed by atoms with Crippen molar-refractivity contribution in [3.05, 3.63) is 62.9 Å². The summed E-state index contributed by atoms with van der Waals surface area (Å²) in [5.41, 5.74) is 0.395. The number of piperidine rings is 1. The molecule has 0 aromatic heterocycles. The highest BCUT2D eigenvalue weighted by Gasteiger charge is 2.46. The Labute approximate surface area is 250 Å². The Morgan fingerprint density at radius 3 is 2.29 bits per heavy atom. The van der Waals surface area contributed by atoms with E-state index in [0.717, 1.165) is 23.8 Å². The first-order valence-corrected chi connectivity index (χ1v) is 14.5. The highest BCUT2D eigenvalue weighted by Crippen LogP contribution is 2.46. The Bertz CT molecular complexity index is 1330. The first-order valence-electron chi connectivity index (χ1n) is 13.7. The van der Waals surface area contributed by atoms with Crippen molar-refractivity contribution < 1.29 is 41.7 Å². The summed E-state index contributed by atoms with van der Waals surface area (Å²) in [6.07, 6.45) is -2.73. The van der Waals surface area contributed by atoms with E-state index < -0.39 is 42.1 Å². The van der Waals surface area contributed by atoms with E-state index in [1.807, 2.05) is 0 Å². The van der Waals surface area contributed by atoms with E-state index in [9.17, 15) is 27.9 Å². The summed E-state index contributed by atoms with van der Waals surface area (Å²) in [5.74, 6) is -2.54. The molecule has 1 unspecified atom stereocenters. The second kappa shape index (κ2) is 12.2. The lowest BCUT2D eigenvalue weighted by atomic mass is 9.94. The summed E-state index contributed by atoms with van der Waals surface area (Å²) in [6, 6.07) is 3.45. The zero-order chi connectivity index (χ0) is 30.3. The Balaban J connectivity index is 1.26. The quantitative estimate of drug-likeness (QED) is 0.327. The maximum Gasteiger partial charge on any atom is 0.408 e. The number of carboxylic acids is 1. The summed E-state index contributed by atoms with van der Waals surface area (Å²) in [5, 5.41) is 9.78. The fourth-order valence-electron chi connectivity index (χ4n) is 5.80. The predicted octanol–water partition coefficient (Wildman–Crippen LogP) is 6.68. The molecular formula is C29H30Cl2F4N2O5. The molecule has 1 saturated carbocycles. The van der Waals surface area contributed by atoms with Crippen molar-refractivity contribution in [2.45, 2.75) is 62.9 Å². The largest absolute Gasteiger partial charge is 0.493 e. The molecule has 2 aliphatic heterocycles. The molecule has 0 bridgehead atoms. The van der Waals surface area contributed by atoms with Gasteiger partial charge >= 0.3 is 12.1 Å². The zero-order valence-corrected chi connectivity index (χ0v) is 24.2. The van der Waals surface area contributed by atoms with Crippen molar-refractivity contribution in [1.29, 1.82) is 0 Å². The topological polar surface area (TPSA) is 79.3 Å². The molecule has 1 aliphatic carbocycles. The maximum atomic E-state index is 15.2. The molecule has 2 heterocycles. The van der Waals surface area contributed by atoms with Gasteiger partial charge in [0.15, 0.2) is 6.04 Å². The van der Waals surface area contributed by atoms with Gasteiger partial charge < -0.3 is 14.6 Å². The average molecular weight is 633 g/mol. The third kappa shape index (κ3) is 6.64. The van der Waals surface area contributed by atoms with Crippen LogP contribution in [0.3, 0.4) is 0 Å². The van der Waals surface area contributed by atoms with Crippen LogP contribution in [0.2, 0.25) is 10.0 Å². The minimum atomic E-state index is -4.53. The SMILES string of the molecule is C[C@H]1OCN(C(=O)c2cc(C3CC3)c(OCC3CCN(C(c4cc(Cl)cc(Cl)c4)C(F)(F)F)CC3)cc2F)[C@H]1C(=O)O. The molecule has 0 radical (unpaired) electrons. The molecule has 3 fully saturated rings. The number of aliphatic carboxylic acids is 1. The molecule has 42 heavy (non-hydrogen) atoms. The first kappa shape index (κ1) is 30.8. The zero-order valence-electron chi connectivity index (χ0n) is 22.7. The standard InChI is InChI=1S/C29H30Cl2F4N2O5/c1-15-25(28(39)40)37(14-42-15)27(38)22-11-21(17-2-3-17)24(12-23(22)32)41-13-16-4-6-36(7-5-16)26(29(33,34)35)18-8-19(30)10-20(31)9-18/h8-12,15-17,25-26H,2-7,13-14H2,1H3,(H,39,40)/t15-,25-,26?/m1/s1. The van der Waals surface area contributed by atoms with E-state index in [2.05, 4.69) is 0 Å². The van der Waals surface area contributed by atoms with E-state index in [-0.39, 0.29) is 65.2 Å². The van der Waals surface area contributed by atoms with Gasteiger partial charge in [-0.15, -0.1) is 0 Å². The molecular weight excluding hydrogens is 603 g/mol. The van der Waals surface area contributed by atoms with Crippen LogP contribution in [-0.2, 0) is 9.53 Å². The molecule has 2 saturated heterocycles. The number of alkyl halides is 3. The van der Waals surface area contributed by atoms with Gasteiger partial charge in [-0.3, -0.25) is 14.6 Å². The Morgan fingerprint density at radius 2 is 1.71 bits per heavy atom. The number of nitrogens with zero attached hydrogens (tertiary/aromatic N) is 2. The van der Waals surface area contributed by atoms with Gasteiger partial charge in [-0.2, -0.15) is 13.2 Å². The summed E-state index contributed by atoms with van der Waals surface area (Å²) < 4.78 is 68.9. The number of hydrogen-bond donors (Lipinski definition) is 1. The highest BCUT2D eigenvalue weighted by molar-refractivity contribution is 6.34. The number of carboxylic acid groups (broad SMARTS) is 1. The fourth-order valence-corrected chi connectivity index (χ4v) is 6.34. The van der Waals surface area contributed by atoms with Crippen molar-refractivity contribution >= 4 is 35.1 Å². The number of benzene rings is 2. The smallest absolute Gasteiger partial charge is 0.408 e. The molecule has 1 amide bonds. The van der Waals surface area contributed by atoms with Gasteiger partial charge in [0.1, 0.15) is 24.3 Å². The van der Waals surface area contributed by atoms with Crippen LogP contribution < -0.4 is 4.74 Å². The molecule has 5 rings (SSSR count). The van der Waals surface area contributed by atoms with Crippen molar-refractivity contribution in [2.75, 3.05) is 26.4 Å². The first-order chi connectivity index (χ1) is 19.8. The lowest BCUT2D eigenvalue weighted by Crippen LogP contribution is -2.44. The van der Waals surface area contributed by atoms with Crippen LogP contribution >= 0.6 is 23.2 Å². The van der Waals surface area contributed by atoms with E-state index in [1.165, 1.54) is 36.1 Å². The molecule has 228 valence electrons. The van der Waals surface area contributed by atoms with Crippen molar-refractivity contribution in [1.82, 2.24) is 9.80 Å².